The molecule has 1 heterocycles. The van der Waals surface area contributed by atoms with Crippen LogP contribution in [0.25, 0.3) is 11.0 Å². The molecule has 3 N–H and O–H groups in total. The van der Waals surface area contributed by atoms with Crippen molar-refractivity contribution in [1.29, 1.82) is 0 Å². The zero-order valence-electron chi connectivity index (χ0n) is 12.9. The zero-order chi connectivity index (χ0) is 16.9. The van der Waals surface area contributed by atoms with E-state index in [1.165, 1.54) is 6.21 Å². The number of carbonyl (C=O) groups is 1. The summed E-state index contributed by atoms with van der Waals surface area (Å²) in [7, 11) is 0. The molecular formula is C18H16N4O2. The number of phenols is 1. The Balaban J connectivity index is 1.72. The van der Waals surface area contributed by atoms with Crippen molar-refractivity contribution in [3.05, 3.63) is 72.1 Å². The number of aromatic hydroxyl groups is 1. The molecule has 6 nitrogen and oxygen atoms in total. The Morgan fingerprint density at radius 2 is 2.25 bits per heavy atom. The molecule has 0 saturated heterocycles. The van der Waals surface area contributed by atoms with Gasteiger partial charge in [0.2, 0.25) is 0 Å². The first-order valence-corrected chi connectivity index (χ1v) is 7.37. The molecule has 1 amide bonds. The van der Waals surface area contributed by atoms with E-state index >= 15 is 0 Å². The quantitative estimate of drug-likeness (QED) is 0.383. The molecule has 1 aromatic heterocycles. The molecule has 3 aromatic rings. The fourth-order valence-corrected chi connectivity index (χ4v) is 2.34. The molecule has 0 aliphatic heterocycles. The highest BCUT2D eigenvalue weighted by Crippen LogP contribution is 2.21. The van der Waals surface area contributed by atoms with E-state index in [-0.39, 0.29) is 11.7 Å². The smallest absolute Gasteiger partial charge is 0.271 e. The second-order valence-electron chi connectivity index (χ2n) is 5.18. The molecule has 0 bridgehead atoms. The van der Waals surface area contributed by atoms with E-state index in [0.717, 1.165) is 16.6 Å². The monoisotopic (exact) mass is 320 g/mol. The third-order valence-electron chi connectivity index (χ3n) is 3.57. The lowest BCUT2D eigenvalue weighted by atomic mass is 10.1. The Hall–Kier alpha value is -3.41. The Kier molecular flexibility index (Phi) is 4.38. The van der Waals surface area contributed by atoms with E-state index in [1.54, 1.807) is 36.7 Å². The van der Waals surface area contributed by atoms with Crippen molar-refractivity contribution in [1.82, 2.24) is 15.4 Å². The van der Waals surface area contributed by atoms with Gasteiger partial charge in [0, 0.05) is 11.1 Å². The maximum Gasteiger partial charge on any atom is 0.271 e. The van der Waals surface area contributed by atoms with Gasteiger partial charge in [-0.2, -0.15) is 5.10 Å². The fraction of sp³-hybridized carbons (Fsp3) is 0.0556. The molecule has 0 fully saturated rings. The van der Waals surface area contributed by atoms with Gasteiger partial charge in [-0.3, -0.25) is 4.79 Å². The second kappa shape index (κ2) is 6.78. The lowest BCUT2D eigenvalue weighted by Crippen LogP contribution is -2.17. The summed E-state index contributed by atoms with van der Waals surface area (Å²) < 4.78 is 0. The number of para-hydroxylation sites is 1. The highest BCUT2D eigenvalue weighted by atomic mass is 16.3. The molecule has 3 rings (SSSR count). The Labute approximate surface area is 138 Å². The van der Waals surface area contributed by atoms with Crippen molar-refractivity contribution in [2.24, 2.45) is 5.10 Å². The average Bonchev–Trinajstić information content (AvgIpc) is 3.06. The standard InChI is InChI=1S/C18H16N4O2/c1-2-4-12-5-3-6-14(17(12)23)10-21-22-18(24)13-7-8-15-16(9-13)20-11-19-15/h2-3,5-11,23H,1,4H2,(H,19,20)(H,22,24)/b21-10+. The number of nitrogens with zero attached hydrogens (tertiary/aromatic N) is 2. The van der Waals surface area contributed by atoms with Gasteiger partial charge in [-0.1, -0.05) is 18.2 Å². The Morgan fingerprint density at radius 3 is 3.08 bits per heavy atom. The summed E-state index contributed by atoms with van der Waals surface area (Å²) in [6.45, 7) is 3.65. The van der Waals surface area contributed by atoms with E-state index in [1.807, 2.05) is 12.1 Å². The molecule has 0 unspecified atom stereocenters. The van der Waals surface area contributed by atoms with Crippen LogP contribution in [0.1, 0.15) is 21.5 Å². The highest BCUT2D eigenvalue weighted by molar-refractivity contribution is 5.97. The van der Waals surface area contributed by atoms with Crippen LogP contribution in [0.3, 0.4) is 0 Å². The average molecular weight is 320 g/mol. The number of allylic oxidation sites excluding steroid dienone is 1. The van der Waals surface area contributed by atoms with Crippen molar-refractivity contribution in [3.63, 3.8) is 0 Å². The van der Waals surface area contributed by atoms with Crippen molar-refractivity contribution in [3.8, 4) is 5.75 Å². The number of aromatic nitrogens is 2. The number of aromatic amines is 1. The first kappa shape index (κ1) is 15.5. The summed E-state index contributed by atoms with van der Waals surface area (Å²) in [5.74, 6) is -0.209. The summed E-state index contributed by atoms with van der Waals surface area (Å²) >= 11 is 0. The van der Waals surface area contributed by atoms with E-state index in [0.29, 0.717) is 17.5 Å². The van der Waals surface area contributed by atoms with Gasteiger partial charge in [0.15, 0.2) is 0 Å². The number of hydrogen-bond acceptors (Lipinski definition) is 4. The van der Waals surface area contributed by atoms with Crippen molar-refractivity contribution >= 4 is 23.2 Å². The minimum atomic E-state index is -0.343. The molecule has 0 radical (unpaired) electrons. The van der Waals surface area contributed by atoms with Crippen LogP contribution in [0, 0.1) is 0 Å². The number of nitrogens with one attached hydrogen (secondary N) is 2. The van der Waals surface area contributed by atoms with E-state index in [4.69, 9.17) is 0 Å². The van der Waals surface area contributed by atoms with Gasteiger partial charge in [0.25, 0.3) is 5.91 Å². The van der Waals surface area contributed by atoms with Crippen molar-refractivity contribution in [2.45, 2.75) is 6.42 Å². The zero-order valence-corrected chi connectivity index (χ0v) is 12.9. The number of H-pyrrole nitrogens is 1. The fourth-order valence-electron chi connectivity index (χ4n) is 2.34. The van der Waals surface area contributed by atoms with Gasteiger partial charge >= 0.3 is 0 Å². The molecule has 0 aliphatic carbocycles. The summed E-state index contributed by atoms with van der Waals surface area (Å²) in [6, 6.07) is 10.5. The van der Waals surface area contributed by atoms with E-state index in [2.05, 4.69) is 27.1 Å². The molecule has 0 saturated carbocycles. The van der Waals surface area contributed by atoms with Crippen LogP contribution >= 0.6 is 0 Å². The minimum Gasteiger partial charge on any atom is -0.507 e. The summed E-state index contributed by atoms with van der Waals surface area (Å²) in [5.41, 5.74) is 5.77. The molecule has 120 valence electrons. The summed E-state index contributed by atoms with van der Waals surface area (Å²) in [5, 5.41) is 14.0. The van der Waals surface area contributed by atoms with Crippen LogP contribution in [0.5, 0.6) is 5.75 Å². The number of fused-ring (bicyclic) bond motifs is 1. The Morgan fingerprint density at radius 1 is 1.38 bits per heavy atom. The maximum absolute atomic E-state index is 12.1. The van der Waals surface area contributed by atoms with Gasteiger partial charge in [0.05, 0.1) is 23.6 Å². The number of carbonyl (C=O) groups excluding carboxylic acids is 1. The predicted octanol–water partition coefficient (Wildman–Crippen LogP) is 2.76. The van der Waals surface area contributed by atoms with Crippen molar-refractivity contribution in [2.75, 3.05) is 0 Å². The second-order valence-corrected chi connectivity index (χ2v) is 5.18. The van der Waals surface area contributed by atoms with Gasteiger partial charge < -0.3 is 10.1 Å². The number of amides is 1. The SMILES string of the molecule is C=CCc1cccc(/C=N/NC(=O)c2ccc3nc[nH]c3c2)c1O. The number of hydrogen-bond donors (Lipinski definition) is 3. The topological polar surface area (TPSA) is 90.4 Å². The molecule has 6 heteroatoms. The molecule has 2 aromatic carbocycles. The van der Waals surface area contributed by atoms with Crippen LogP contribution in [0.15, 0.2) is 60.5 Å². The van der Waals surface area contributed by atoms with Gasteiger partial charge in [-0.25, -0.2) is 10.4 Å². The number of benzene rings is 2. The molecule has 0 atom stereocenters. The van der Waals surface area contributed by atoms with Crippen LogP contribution in [-0.2, 0) is 6.42 Å². The first-order valence-electron chi connectivity index (χ1n) is 7.37. The normalized spacial score (nSPS) is 11.0. The largest absolute Gasteiger partial charge is 0.507 e. The lowest BCUT2D eigenvalue weighted by molar-refractivity contribution is 0.0955. The summed E-state index contributed by atoms with van der Waals surface area (Å²) in [4.78, 5) is 19.2. The molecule has 24 heavy (non-hydrogen) atoms. The van der Waals surface area contributed by atoms with E-state index < -0.39 is 0 Å². The summed E-state index contributed by atoms with van der Waals surface area (Å²) in [6.07, 6.45) is 5.26. The van der Waals surface area contributed by atoms with Gasteiger partial charge in [-0.05, 0) is 36.2 Å². The van der Waals surface area contributed by atoms with E-state index in [9.17, 15) is 9.90 Å². The highest BCUT2D eigenvalue weighted by Gasteiger charge is 2.07. The first-order chi connectivity index (χ1) is 11.7. The van der Waals surface area contributed by atoms with Crippen LogP contribution in [-0.4, -0.2) is 27.2 Å². The number of hydrazone groups is 1. The number of phenolic OH excluding ortho intramolecular Hbond substituents is 1. The molecule has 0 spiro atoms. The van der Waals surface area contributed by atoms with Crippen molar-refractivity contribution < 1.29 is 9.90 Å². The third-order valence-corrected chi connectivity index (χ3v) is 3.57. The maximum atomic E-state index is 12.1. The van der Waals surface area contributed by atoms with Crippen LogP contribution < -0.4 is 5.43 Å². The number of imidazole rings is 1. The Bertz CT molecular complexity index is 928. The predicted molar refractivity (Wildman–Crippen MR) is 93.2 cm³/mol. The lowest BCUT2D eigenvalue weighted by Gasteiger charge is -2.04. The third kappa shape index (κ3) is 3.17. The van der Waals surface area contributed by atoms with Gasteiger partial charge in [0.1, 0.15) is 5.75 Å². The van der Waals surface area contributed by atoms with Gasteiger partial charge in [-0.15, -0.1) is 6.58 Å². The molecule has 0 aliphatic rings. The minimum absolute atomic E-state index is 0.134. The van der Waals surface area contributed by atoms with Crippen LogP contribution in [0.2, 0.25) is 0 Å². The molecular weight excluding hydrogens is 304 g/mol. The van der Waals surface area contributed by atoms with Crippen LogP contribution in [0.4, 0.5) is 0 Å². The number of rotatable bonds is 5.